The van der Waals surface area contributed by atoms with Crippen LogP contribution in [0.15, 0.2) is 28.7 Å². The number of aromatic nitrogens is 2. The van der Waals surface area contributed by atoms with Crippen molar-refractivity contribution in [1.82, 2.24) is 9.78 Å². The molecule has 6 heteroatoms. The van der Waals surface area contributed by atoms with Crippen LogP contribution in [0.25, 0.3) is 0 Å². The number of nitrogens with zero attached hydrogens (tertiary/aromatic N) is 2. The van der Waals surface area contributed by atoms with Gasteiger partial charge in [-0.05, 0) is 40.0 Å². The van der Waals surface area contributed by atoms with E-state index in [0.29, 0.717) is 12.0 Å². The van der Waals surface area contributed by atoms with Gasteiger partial charge in [-0.15, -0.1) is 0 Å². The molecule has 0 amide bonds. The molecule has 0 saturated heterocycles. The highest BCUT2D eigenvalue weighted by Gasteiger charge is 2.24. The molecule has 112 valence electrons. The molecule has 4 nitrogen and oxygen atoms in total. The van der Waals surface area contributed by atoms with Gasteiger partial charge in [0.1, 0.15) is 5.82 Å². The third-order valence-electron chi connectivity index (χ3n) is 3.47. The standard InChI is InChI=1S/C15H16BrFN2O2/c1-3-12-14(16)13(19(2)18-12)8-11(15(20)21)9-4-6-10(17)7-5-9/h4-7,11H,3,8H2,1-2H3,(H,20,21). The van der Waals surface area contributed by atoms with Gasteiger partial charge in [-0.25, -0.2) is 4.39 Å². The third-order valence-corrected chi connectivity index (χ3v) is 4.39. The Morgan fingerprint density at radius 2 is 2.05 bits per heavy atom. The fourth-order valence-electron chi connectivity index (χ4n) is 2.28. The van der Waals surface area contributed by atoms with Crippen molar-refractivity contribution >= 4 is 21.9 Å². The van der Waals surface area contributed by atoms with E-state index in [1.54, 1.807) is 11.7 Å². The normalized spacial score (nSPS) is 12.4. The molecule has 2 rings (SSSR count). The number of hydrogen-bond donors (Lipinski definition) is 1. The summed E-state index contributed by atoms with van der Waals surface area (Å²) in [6, 6.07) is 5.58. The van der Waals surface area contributed by atoms with E-state index in [-0.39, 0.29) is 5.82 Å². The van der Waals surface area contributed by atoms with E-state index in [1.807, 2.05) is 6.92 Å². The van der Waals surface area contributed by atoms with Gasteiger partial charge in [-0.2, -0.15) is 5.10 Å². The molecule has 0 aliphatic carbocycles. The Balaban J connectivity index is 2.35. The average molecular weight is 355 g/mol. The second kappa shape index (κ2) is 6.39. The number of hydrogen-bond acceptors (Lipinski definition) is 2. The molecule has 1 unspecified atom stereocenters. The van der Waals surface area contributed by atoms with E-state index in [1.165, 1.54) is 24.3 Å². The van der Waals surface area contributed by atoms with Gasteiger partial charge < -0.3 is 5.11 Å². The summed E-state index contributed by atoms with van der Waals surface area (Å²) in [6.07, 6.45) is 1.06. The van der Waals surface area contributed by atoms with E-state index < -0.39 is 11.9 Å². The first kappa shape index (κ1) is 15.7. The van der Waals surface area contributed by atoms with Gasteiger partial charge in [0.2, 0.25) is 0 Å². The Morgan fingerprint density at radius 1 is 1.43 bits per heavy atom. The largest absolute Gasteiger partial charge is 0.481 e. The van der Waals surface area contributed by atoms with Crippen LogP contribution in [-0.4, -0.2) is 20.9 Å². The number of carboxylic acids is 1. The molecule has 21 heavy (non-hydrogen) atoms. The summed E-state index contributed by atoms with van der Waals surface area (Å²) in [5, 5.41) is 13.8. The second-order valence-electron chi connectivity index (χ2n) is 4.83. The van der Waals surface area contributed by atoms with Crippen LogP contribution in [0.1, 0.15) is 29.8 Å². The summed E-state index contributed by atoms with van der Waals surface area (Å²) in [5.41, 5.74) is 2.30. The molecule has 1 heterocycles. The number of aliphatic carboxylic acids is 1. The lowest BCUT2D eigenvalue weighted by atomic mass is 9.94. The summed E-state index contributed by atoms with van der Waals surface area (Å²) in [4.78, 5) is 11.5. The third kappa shape index (κ3) is 3.32. The first-order chi connectivity index (χ1) is 9.93. The highest BCUT2D eigenvalue weighted by atomic mass is 79.9. The van der Waals surface area contributed by atoms with Crippen LogP contribution >= 0.6 is 15.9 Å². The Kier molecular flexibility index (Phi) is 4.77. The van der Waals surface area contributed by atoms with Crippen LogP contribution in [0.3, 0.4) is 0 Å². The van der Waals surface area contributed by atoms with Crippen LogP contribution in [0.5, 0.6) is 0 Å². The molecule has 0 fully saturated rings. The molecule has 0 saturated carbocycles. The summed E-state index contributed by atoms with van der Waals surface area (Å²) < 4.78 is 15.5. The van der Waals surface area contributed by atoms with Crippen molar-refractivity contribution in [3.8, 4) is 0 Å². The average Bonchev–Trinajstić information content (AvgIpc) is 2.72. The molecular weight excluding hydrogens is 339 g/mol. The van der Waals surface area contributed by atoms with E-state index >= 15 is 0 Å². The molecule has 0 radical (unpaired) electrons. The van der Waals surface area contributed by atoms with E-state index in [0.717, 1.165) is 22.3 Å². The van der Waals surface area contributed by atoms with Crippen LogP contribution in [-0.2, 0) is 24.7 Å². The second-order valence-corrected chi connectivity index (χ2v) is 5.62. The minimum absolute atomic E-state index is 0.297. The van der Waals surface area contributed by atoms with E-state index in [9.17, 15) is 14.3 Å². The highest BCUT2D eigenvalue weighted by molar-refractivity contribution is 9.10. The first-order valence-corrected chi connectivity index (χ1v) is 7.41. The number of carboxylic acid groups (broad SMARTS) is 1. The number of carbonyl (C=O) groups is 1. The quantitative estimate of drug-likeness (QED) is 0.896. The molecule has 2 aromatic rings. The number of halogens is 2. The van der Waals surface area contributed by atoms with Crippen molar-refractivity contribution in [1.29, 1.82) is 0 Å². The Hall–Kier alpha value is -1.69. The van der Waals surface area contributed by atoms with Crippen molar-refractivity contribution in [3.63, 3.8) is 0 Å². The predicted molar refractivity (Wildman–Crippen MR) is 80.8 cm³/mol. The smallest absolute Gasteiger partial charge is 0.311 e. The zero-order valence-electron chi connectivity index (χ0n) is 11.8. The molecule has 0 spiro atoms. The minimum Gasteiger partial charge on any atom is -0.481 e. The zero-order valence-corrected chi connectivity index (χ0v) is 13.4. The maximum atomic E-state index is 13.0. The highest BCUT2D eigenvalue weighted by Crippen LogP contribution is 2.28. The van der Waals surface area contributed by atoms with E-state index in [2.05, 4.69) is 21.0 Å². The van der Waals surface area contributed by atoms with Crippen LogP contribution in [0, 0.1) is 5.82 Å². The van der Waals surface area contributed by atoms with Gasteiger partial charge in [0.25, 0.3) is 0 Å². The molecule has 1 N–H and O–H groups in total. The minimum atomic E-state index is -0.937. The number of benzene rings is 1. The number of rotatable bonds is 5. The molecule has 1 aromatic carbocycles. The Morgan fingerprint density at radius 3 is 2.52 bits per heavy atom. The molecule has 1 atom stereocenters. The fourth-order valence-corrected chi connectivity index (χ4v) is 3.06. The lowest BCUT2D eigenvalue weighted by Crippen LogP contribution is -2.16. The predicted octanol–water partition coefficient (Wildman–Crippen LogP) is 3.30. The summed E-state index contributed by atoms with van der Waals surface area (Å²) >= 11 is 3.49. The molecule has 0 bridgehead atoms. The van der Waals surface area contributed by atoms with E-state index in [4.69, 9.17) is 0 Å². The van der Waals surface area contributed by atoms with Gasteiger partial charge in [-0.3, -0.25) is 9.48 Å². The molecule has 0 aliphatic heterocycles. The van der Waals surface area contributed by atoms with Crippen LogP contribution in [0.4, 0.5) is 4.39 Å². The van der Waals surface area contributed by atoms with Crippen LogP contribution in [0.2, 0.25) is 0 Å². The van der Waals surface area contributed by atoms with Crippen molar-refractivity contribution in [2.45, 2.75) is 25.7 Å². The maximum Gasteiger partial charge on any atom is 0.311 e. The summed E-state index contributed by atoms with van der Waals surface area (Å²) in [7, 11) is 1.79. The lowest BCUT2D eigenvalue weighted by molar-refractivity contribution is -0.138. The lowest BCUT2D eigenvalue weighted by Gasteiger charge is -2.13. The van der Waals surface area contributed by atoms with Crippen molar-refractivity contribution in [2.75, 3.05) is 0 Å². The topological polar surface area (TPSA) is 55.1 Å². The van der Waals surface area contributed by atoms with Gasteiger partial charge in [0.05, 0.1) is 21.8 Å². The molecule has 1 aromatic heterocycles. The van der Waals surface area contributed by atoms with Crippen molar-refractivity contribution < 1.29 is 14.3 Å². The first-order valence-electron chi connectivity index (χ1n) is 6.62. The maximum absolute atomic E-state index is 13.0. The monoisotopic (exact) mass is 354 g/mol. The van der Waals surface area contributed by atoms with Crippen molar-refractivity contribution in [2.24, 2.45) is 7.05 Å². The summed E-state index contributed by atoms with van der Waals surface area (Å²) in [5.74, 6) is -2.05. The Labute approximate surface area is 130 Å². The zero-order chi connectivity index (χ0) is 15.6. The van der Waals surface area contributed by atoms with Gasteiger partial charge in [-0.1, -0.05) is 19.1 Å². The fraction of sp³-hybridized carbons (Fsp3) is 0.333. The molecule has 0 aliphatic rings. The van der Waals surface area contributed by atoms with Crippen LogP contribution < -0.4 is 0 Å². The summed E-state index contributed by atoms with van der Waals surface area (Å²) in [6.45, 7) is 1.99. The Bertz CT molecular complexity index is 652. The van der Waals surface area contributed by atoms with Gasteiger partial charge in [0.15, 0.2) is 0 Å². The SMILES string of the molecule is CCc1nn(C)c(CC(C(=O)O)c2ccc(F)cc2)c1Br. The van der Waals surface area contributed by atoms with Gasteiger partial charge in [0, 0.05) is 13.5 Å². The van der Waals surface area contributed by atoms with Gasteiger partial charge >= 0.3 is 5.97 Å². The molecular formula is C15H16BrFN2O2. The van der Waals surface area contributed by atoms with Crippen molar-refractivity contribution in [3.05, 3.63) is 51.5 Å². The number of aryl methyl sites for hydroxylation is 2.